The molecule has 5 nitrogen and oxygen atoms in total. The normalized spacial score (nSPS) is 22.5. The van der Waals surface area contributed by atoms with Crippen molar-refractivity contribution < 1.29 is 18.7 Å². The van der Waals surface area contributed by atoms with Gasteiger partial charge in [0.15, 0.2) is 0 Å². The number of carbonyl (C=O) groups is 2. The van der Waals surface area contributed by atoms with E-state index < -0.39 is 11.9 Å². The van der Waals surface area contributed by atoms with Gasteiger partial charge in [0.05, 0.1) is 12.8 Å². The number of nitrogens with zero attached hydrogens (tertiary/aromatic N) is 2. The Morgan fingerprint density at radius 3 is 2.40 bits per heavy atom. The molecule has 0 bridgehead atoms. The van der Waals surface area contributed by atoms with Crippen LogP contribution in [0.5, 0.6) is 5.75 Å². The van der Waals surface area contributed by atoms with Crippen LogP contribution in [0.3, 0.4) is 0 Å². The first-order valence-electron chi connectivity index (χ1n) is 7.77. The third-order valence-electron chi connectivity index (χ3n) is 4.40. The summed E-state index contributed by atoms with van der Waals surface area (Å²) in [6.45, 7) is 0. The summed E-state index contributed by atoms with van der Waals surface area (Å²) in [5.41, 5.74) is 1.33. The fraction of sp³-hybridized carbons (Fsp3) is 0.222. The van der Waals surface area contributed by atoms with E-state index in [2.05, 4.69) is 0 Å². The van der Waals surface area contributed by atoms with Crippen molar-refractivity contribution in [1.82, 2.24) is 4.90 Å². The van der Waals surface area contributed by atoms with E-state index in [-0.39, 0.29) is 17.3 Å². The zero-order valence-electron chi connectivity index (χ0n) is 13.4. The first kappa shape index (κ1) is 16.0. The molecule has 2 fully saturated rings. The number of ether oxygens (including phenoxy) is 1. The Bertz CT molecular complexity index is 825. The molecule has 2 aromatic carbocycles. The second-order valence-corrected chi connectivity index (χ2v) is 6.93. The van der Waals surface area contributed by atoms with Gasteiger partial charge in [-0.2, -0.15) is 0 Å². The minimum absolute atomic E-state index is 0.224. The Labute approximate surface area is 148 Å². The fourth-order valence-corrected chi connectivity index (χ4v) is 4.56. The molecule has 0 spiro atoms. The number of amides is 3. The van der Waals surface area contributed by atoms with Crippen molar-refractivity contribution in [3.05, 3.63) is 59.9 Å². The van der Waals surface area contributed by atoms with Crippen LogP contribution < -0.4 is 9.64 Å². The Hall–Kier alpha value is -2.54. The van der Waals surface area contributed by atoms with Gasteiger partial charge in [-0.1, -0.05) is 12.1 Å². The fourth-order valence-electron chi connectivity index (χ4n) is 3.14. The Morgan fingerprint density at radius 1 is 1.08 bits per heavy atom. The van der Waals surface area contributed by atoms with Crippen LogP contribution >= 0.6 is 11.8 Å². The molecule has 2 aliphatic heterocycles. The van der Waals surface area contributed by atoms with Crippen LogP contribution in [0.1, 0.15) is 10.9 Å². The molecule has 2 aliphatic rings. The average Bonchev–Trinajstić information content (AvgIpc) is 3.17. The molecule has 3 amide bonds. The van der Waals surface area contributed by atoms with Gasteiger partial charge < -0.3 is 4.74 Å². The summed E-state index contributed by atoms with van der Waals surface area (Å²) < 4.78 is 18.3. The summed E-state index contributed by atoms with van der Waals surface area (Å²) in [7, 11) is 1.60. The van der Waals surface area contributed by atoms with Gasteiger partial charge in [-0.25, -0.2) is 14.1 Å². The van der Waals surface area contributed by atoms with Gasteiger partial charge >= 0.3 is 6.03 Å². The van der Waals surface area contributed by atoms with E-state index >= 15 is 0 Å². The molecule has 2 saturated heterocycles. The maximum atomic E-state index is 13.1. The van der Waals surface area contributed by atoms with Gasteiger partial charge in [-0.15, -0.1) is 11.8 Å². The molecule has 0 saturated carbocycles. The lowest BCUT2D eigenvalue weighted by atomic mass is 10.2. The first-order valence-corrected chi connectivity index (χ1v) is 8.82. The molecule has 0 N–H and O–H groups in total. The quantitative estimate of drug-likeness (QED) is 0.789. The first-order chi connectivity index (χ1) is 12.1. The number of thioether (sulfide) groups is 1. The van der Waals surface area contributed by atoms with Gasteiger partial charge in [0, 0.05) is 5.75 Å². The summed E-state index contributed by atoms with van der Waals surface area (Å²) in [5.74, 6) is 0.606. The maximum absolute atomic E-state index is 13.1. The summed E-state index contributed by atoms with van der Waals surface area (Å²) in [5, 5.41) is -0.224. The van der Waals surface area contributed by atoms with Crippen LogP contribution in [-0.2, 0) is 4.79 Å². The number of carbonyl (C=O) groups excluding carboxylic acids is 2. The van der Waals surface area contributed by atoms with Crippen LogP contribution in [0.4, 0.5) is 14.9 Å². The number of anilines is 1. The number of hydrogen-bond acceptors (Lipinski definition) is 4. The lowest BCUT2D eigenvalue weighted by Gasteiger charge is -2.23. The zero-order chi connectivity index (χ0) is 17.6. The molecule has 2 atom stereocenters. The highest BCUT2D eigenvalue weighted by Crippen LogP contribution is 2.46. The third kappa shape index (κ3) is 2.55. The molecular formula is C18H15FN2O3S. The van der Waals surface area contributed by atoms with Crippen molar-refractivity contribution in [2.75, 3.05) is 17.8 Å². The van der Waals surface area contributed by atoms with Gasteiger partial charge in [-0.05, 0) is 42.0 Å². The van der Waals surface area contributed by atoms with Crippen molar-refractivity contribution in [3.63, 3.8) is 0 Å². The van der Waals surface area contributed by atoms with Gasteiger partial charge in [0.1, 0.15) is 23.0 Å². The zero-order valence-corrected chi connectivity index (χ0v) is 14.2. The van der Waals surface area contributed by atoms with E-state index in [1.807, 2.05) is 24.3 Å². The highest BCUT2D eigenvalue weighted by Gasteiger charge is 2.53. The van der Waals surface area contributed by atoms with E-state index in [0.717, 1.165) is 16.2 Å². The highest BCUT2D eigenvalue weighted by molar-refractivity contribution is 7.99. The topological polar surface area (TPSA) is 49.9 Å². The predicted molar refractivity (Wildman–Crippen MR) is 93.1 cm³/mol. The summed E-state index contributed by atoms with van der Waals surface area (Å²) in [4.78, 5) is 28.3. The summed E-state index contributed by atoms with van der Waals surface area (Å²) in [6.07, 6.45) is 0. The van der Waals surface area contributed by atoms with Crippen LogP contribution in [0.2, 0.25) is 0 Å². The molecular weight excluding hydrogens is 343 g/mol. The van der Waals surface area contributed by atoms with Crippen LogP contribution in [0.25, 0.3) is 0 Å². The van der Waals surface area contributed by atoms with Crippen molar-refractivity contribution in [3.8, 4) is 5.75 Å². The minimum atomic E-state index is -0.491. The van der Waals surface area contributed by atoms with E-state index in [1.165, 1.54) is 24.3 Å². The van der Waals surface area contributed by atoms with E-state index in [9.17, 15) is 14.0 Å². The highest BCUT2D eigenvalue weighted by atomic mass is 32.2. The average molecular weight is 358 g/mol. The number of methoxy groups -OCH3 is 1. The smallest absolute Gasteiger partial charge is 0.333 e. The van der Waals surface area contributed by atoms with Crippen molar-refractivity contribution in [2.24, 2.45) is 0 Å². The van der Waals surface area contributed by atoms with Crippen molar-refractivity contribution in [1.29, 1.82) is 0 Å². The number of fused-ring (bicyclic) bond motifs is 1. The number of urea groups is 1. The molecule has 25 heavy (non-hydrogen) atoms. The molecule has 7 heteroatoms. The van der Waals surface area contributed by atoms with Gasteiger partial charge in [0.2, 0.25) is 0 Å². The molecule has 0 aromatic heterocycles. The molecule has 128 valence electrons. The van der Waals surface area contributed by atoms with Crippen LogP contribution in [-0.4, -0.2) is 35.7 Å². The number of imide groups is 1. The lowest BCUT2D eigenvalue weighted by molar-refractivity contribution is -0.119. The summed E-state index contributed by atoms with van der Waals surface area (Å²) in [6, 6.07) is 12.0. The SMILES string of the molecule is COc1ccc(C2SCC3C(=O)N(c4ccc(F)cc4)C(=O)N32)cc1. The second kappa shape index (κ2) is 6.07. The molecule has 2 unspecified atom stereocenters. The molecule has 2 heterocycles. The summed E-state index contributed by atoms with van der Waals surface area (Å²) >= 11 is 1.56. The van der Waals surface area contributed by atoms with E-state index in [0.29, 0.717) is 11.4 Å². The standard InChI is InChI=1S/C18H15FN2O3S/c1-24-14-8-2-11(3-9-14)17-21-15(10-25-17)16(22)20(18(21)23)13-6-4-12(19)5-7-13/h2-9,15,17H,10H2,1H3. The van der Waals surface area contributed by atoms with Gasteiger partial charge in [0.25, 0.3) is 5.91 Å². The number of halogens is 1. The molecule has 2 aromatic rings. The van der Waals surface area contributed by atoms with E-state index in [4.69, 9.17) is 4.74 Å². The largest absolute Gasteiger partial charge is 0.497 e. The Balaban J connectivity index is 1.65. The predicted octanol–water partition coefficient (Wildman–Crippen LogP) is 3.42. The third-order valence-corrected chi connectivity index (χ3v) is 5.73. The van der Waals surface area contributed by atoms with Crippen LogP contribution in [0, 0.1) is 5.82 Å². The van der Waals surface area contributed by atoms with Crippen molar-refractivity contribution in [2.45, 2.75) is 11.4 Å². The maximum Gasteiger partial charge on any atom is 0.333 e. The molecule has 0 aliphatic carbocycles. The second-order valence-electron chi connectivity index (χ2n) is 5.81. The number of hydrogen-bond donors (Lipinski definition) is 0. The van der Waals surface area contributed by atoms with Gasteiger partial charge in [-0.3, -0.25) is 9.69 Å². The Kier molecular flexibility index (Phi) is 3.88. The minimum Gasteiger partial charge on any atom is -0.497 e. The van der Waals surface area contributed by atoms with E-state index in [1.54, 1.807) is 23.8 Å². The number of benzene rings is 2. The number of rotatable bonds is 3. The molecule has 0 radical (unpaired) electrons. The molecule has 4 rings (SSSR count). The van der Waals surface area contributed by atoms with Crippen molar-refractivity contribution >= 4 is 29.4 Å². The monoisotopic (exact) mass is 358 g/mol. The van der Waals surface area contributed by atoms with Crippen LogP contribution in [0.15, 0.2) is 48.5 Å². The Morgan fingerprint density at radius 2 is 1.76 bits per heavy atom. The lowest BCUT2D eigenvalue weighted by Crippen LogP contribution is -2.33.